The van der Waals surface area contributed by atoms with Crippen LogP contribution in [0.4, 0.5) is 16.3 Å². The molecular formula is C37H46N6O5. The Morgan fingerprint density at radius 3 is 2.23 bits per heavy atom. The maximum absolute atomic E-state index is 13.9. The van der Waals surface area contributed by atoms with E-state index >= 15 is 0 Å². The van der Waals surface area contributed by atoms with Crippen LogP contribution in [0.3, 0.4) is 0 Å². The van der Waals surface area contributed by atoms with Crippen LogP contribution in [0.15, 0.2) is 79.3 Å². The monoisotopic (exact) mass is 654 g/mol. The molecule has 4 aromatic rings. The van der Waals surface area contributed by atoms with Gasteiger partial charge in [-0.15, -0.1) is 0 Å². The zero-order chi connectivity index (χ0) is 33.9. The molecule has 1 saturated heterocycles. The van der Waals surface area contributed by atoms with Crippen molar-refractivity contribution in [2.45, 2.75) is 26.3 Å². The summed E-state index contributed by atoms with van der Waals surface area (Å²) in [5, 5.41) is 3.61. The van der Waals surface area contributed by atoms with Crippen LogP contribution in [0.1, 0.15) is 29.2 Å². The number of amides is 1. The first-order chi connectivity index (χ1) is 23.4. The highest BCUT2D eigenvalue weighted by atomic mass is 16.6. The lowest BCUT2D eigenvalue weighted by Crippen LogP contribution is -2.44. The highest BCUT2D eigenvalue weighted by Gasteiger charge is 2.27. The quantitative estimate of drug-likeness (QED) is 0.163. The maximum Gasteiger partial charge on any atom is 0.421 e. The van der Waals surface area contributed by atoms with E-state index in [4.69, 9.17) is 18.9 Å². The van der Waals surface area contributed by atoms with Crippen LogP contribution in [0.25, 0.3) is 0 Å². The van der Waals surface area contributed by atoms with Gasteiger partial charge in [0.2, 0.25) is 5.75 Å². The van der Waals surface area contributed by atoms with Gasteiger partial charge in [-0.2, -0.15) is 0 Å². The Labute approximate surface area is 283 Å². The van der Waals surface area contributed by atoms with E-state index in [1.165, 1.54) is 11.2 Å². The van der Waals surface area contributed by atoms with Gasteiger partial charge in [0, 0.05) is 56.7 Å². The van der Waals surface area contributed by atoms with Crippen LogP contribution < -0.4 is 29.2 Å². The molecule has 11 heteroatoms. The second-order valence-electron chi connectivity index (χ2n) is 11.9. The molecule has 0 saturated carbocycles. The first-order valence-corrected chi connectivity index (χ1v) is 16.3. The molecule has 1 aliphatic heterocycles. The van der Waals surface area contributed by atoms with Gasteiger partial charge in [-0.05, 0) is 50.1 Å². The van der Waals surface area contributed by atoms with Gasteiger partial charge in [0.15, 0.2) is 11.5 Å². The Balaban J connectivity index is 1.37. The number of para-hydroxylation sites is 1. The van der Waals surface area contributed by atoms with Gasteiger partial charge in [-0.3, -0.25) is 4.90 Å². The van der Waals surface area contributed by atoms with Gasteiger partial charge in [0.1, 0.15) is 17.9 Å². The number of nitrogens with zero attached hydrogens (tertiary/aromatic N) is 5. The Hall–Kier alpha value is -4.87. The number of hydrogen-bond donors (Lipinski definition) is 1. The van der Waals surface area contributed by atoms with Gasteiger partial charge in [-0.1, -0.05) is 48.5 Å². The lowest BCUT2D eigenvalue weighted by atomic mass is 10.1. The van der Waals surface area contributed by atoms with E-state index in [0.29, 0.717) is 35.4 Å². The average molecular weight is 655 g/mol. The predicted octanol–water partition coefficient (Wildman–Crippen LogP) is 5.99. The number of likely N-dealkylation sites (N-methyl/N-ethyl adjacent to an activating group) is 1. The van der Waals surface area contributed by atoms with Crippen LogP contribution in [0, 0.1) is 13.8 Å². The van der Waals surface area contributed by atoms with Crippen molar-refractivity contribution in [3.63, 3.8) is 0 Å². The molecule has 5 rings (SSSR count). The molecule has 1 aromatic heterocycles. The summed E-state index contributed by atoms with van der Waals surface area (Å²) in [5.41, 5.74) is 3.42. The highest BCUT2D eigenvalue weighted by Crippen LogP contribution is 2.41. The van der Waals surface area contributed by atoms with Gasteiger partial charge in [-0.25, -0.2) is 14.8 Å². The minimum Gasteiger partial charge on any atom is -0.493 e. The first kappa shape index (κ1) is 34.5. The van der Waals surface area contributed by atoms with Crippen molar-refractivity contribution >= 4 is 17.6 Å². The normalized spacial score (nSPS) is 14.2. The summed E-state index contributed by atoms with van der Waals surface area (Å²) in [7, 11) is 5.39. The number of piperazine rings is 1. The molecule has 3 aromatic carbocycles. The molecular weight excluding hydrogens is 608 g/mol. The van der Waals surface area contributed by atoms with E-state index in [0.717, 1.165) is 61.5 Å². The Kier molecular flexibility index (Phi) is 12.1. The minimum atomic E-state index is -0.552. The third kappa shape index (κ3) is 8.93. The number of ether oxygens (including phenoxy) is 4. The molecule has 1 atom stereocenters. The van der Waals surface area contributed by atoms with Crippen molar-refractivity contribution in [2.75, 3.05) is 77.4 Å². The second kappa shape index (κ2) is 16.8. The molecule has 1 fully saturated rings. The van der Waals surface area contributed by atoms with Gasteiger partial charge < -0.3 is 34.1 Å². The van der Waals surface area contributed by atoms with E-state index in [1.807, 2.05) is 74.5 Å². The number of benzene rings is 3. The molecule has 1 unspecified atom stereocenters. The smallest absolute Gasteiger partial charge is 0.421 e. The van der Waals surface area contributed by atoms with E-state index in [-0.39, 0.29) is 12.6 Å². The Bertz CT molecular complexity index is 1570. The molecule has 0 bridgehead atoms. The van der Waals surface area contributed by atoms with E-state index in [1.54, 1.807) is 26.5 Å². The van der Waals surface area contributed by atoms with Crippen molar-refractivity contribution in [2.24, 2.45) is 0 Å². The number of nitrogens with one attached hydrogen (secondary N) is 1. The summed E-state index contributed by atoms with van der Waals surface area (Å²) in [5.74, 6) is 2.59. The third-order valence-electron chi connectivity index (χ3n) is 8.49. The van der Waals surface area contributed by atoms with Gasteiger partial charge in [0.05, 0.1) is 33.4 Å². The average Bonchev–Trinajstić information content (AvgIpc) is 3.11. The number of anilines is 2. The van der Waals surface area contributed by atoms with Crippen molar-refractivity contribution in [1.29, 1.82) is 0 Å². The molecule has 1 aliphatic rings. The summed E-state index contributed by atoms with van der Waals surface area (Å²) in [4.78, 5) is 28.7. The summed E-state index contributed by atoms with van der Waals surface area (Å²) in [6, 6.07) is 20.8. The molecule has 48 heavy (non-hydrogen) atoms. The van der Waals surface area contributed by atoms with Crippen LogP contribution in [-0.4, -0.2) is 93.0 Å². The summed E-state index contributed by atoms with van der Waals surface area (Å²) < 4.78 is 23.8. The first-order valence-electron chi connectivity index (χ1n) is 16.3. The van der Waals surface area contributed by atoms with E-state index in [2.05, 4.69) is 32.1 Å². The molecule has 254 valence electrons. The molecule has 1 N–H and O–H groups in total. The van der Waals surface area contributed by atoms with Gasteiger partial charge >= 0.3 is 6.09 Å². The fourth-order valence-corrected chi connectivity index (χ4v) is 5.75. The number of carbonyl (C=O) groups is 1. The zero-order valence-corrected chi connectivity index (χ0v) is 28.5. The molecule has 0 radical (unpaired) electrons. The maximum atomic E-state index is 13.9. The largest absolute Gasteiger partial charge is 0.493 e. The Morgan fingerprint density at radius 2 is 1.60 bits per heavy atom. The van der Waals surface area contributed by atoms with Gasteiger partial charge in [0.25, 0.3) is 0 Å². The van der Waals surface area contributed by atoms with Crippen molar-refractivity contribution in [1.82, 2.24) is 19.8 Å². The Morgan fingerprint density at radius 1 is 0.917 bits per heavy atom. The highest BCUT2D eigenvalue weighted by molar-refractivity contribution is 5.88. The van der Waals surface area contributed by atoms with Crippen LogP contribution in [0.2, 0.25) is 0 Å². The van der Waals surface area contributed by atoms with Crippen LogP contribution in [0.5, 0.6) is 23.0 Å². The fourth-order valence-electron chi connectivity index (χ4n) is 5.75. The van der Waals surface area contributed by atoms with Crippen LogP contribution in [-0.2, 0) is 0 Å². The molecule has 11 nitrogen and oxygen atoms in total. The molecule has 0 spiro atoms. The zero-order valence-electron chi connectivity index (χ0n) is 28.5. The lowest BCUT2D eigenvalue weighted by molar-refractivity contribution is 0.144. The second-order valence-corrected chi connectivity index (χ2v) is 11.9. The van der Waals surface area contributed by atoms with Crippen LogP contribution >= 0.6 is 0 Å². The number of methoxy groups -OCH3 is 2. The van der Waals surface area contributed by atoms with Crippen molar-refractivity contribution in [3.05, 3.63) is 95.9 Å². The van der Waals surface area contributed by atoms with E-state index in [9.17, 15) is 4.79 Å². The minimum absolute atomic E-state index is 0.194. The predicted molar refractivity (Wildman–Crippen MR) is 188 cm³/mol. The molecule has 1 amide bonds. The SMILES string of the molecule is COc1cc(NC(CN(C(=O)Oc2c(C)cccc2C)c2ccncn2)c2ccccc2)cc(OC)c1OCCCN1CCN(C)CC1. The molecule has 0 aliphatic carbocycles. The topological polar surface area (TPSA) is 102 Å². The standard InChI is InChI=1S/C37H46N6O5/c1-27-11-9-12-28(2)35(27)48-37(44)43(34-15-16-38-26-39-34)25-31(29-13-7-6-8-14-29)40-30-23-32(45-4)36(33(24-30)46-5)47-22-10-17-42-20-18-41(3)19-21-42/h6-9,11-16,23-24,26,31,40H,10,17-22,25H2,1-5H3. The van der Waals surface area contributed by atoms with Crippen molar-refractivity contribution in [3.8, 4) is 23.0 Å². The van der Waals surface area contributed by atoms with E-state index < -0.39 is 6.09 Å². The summed E-state index contributed by atoms with van der Waals surface area (Å²) in [6.45, 7) is 9.87. The van der Waals surface area contributed by atoms with Crippen molar-refractivity contribution < 1.29 is 23.7 Å². The number of aromatic nitrogens is 2. The third-order valence-corrected chi connectivity index (χ3v) is 8.49. The number of carbonyl (C=O) groups excluding carboxylic acids is 1. The molecule has 2 heterocycles. The fraction of sp³-hybridized carbons (Fsp3) is 0.378. The lowest BCUT2D eigenvalue weighted by Gasteiger charge is -2.32. The number of hydrogen-bond acceptors (Lipinski definition) is 10. The number of rotatable bonds is 14. The number of aryl methyl sites for hydroxylation is 2. The summed E-state index contributed by atoms with van der Waals surface area (Å²) in [6.07, 6.45) is 3.36. The summed E-state index contributed by atoms with van der Waals surface area (Å²) >= 11 is 0.